The van der Waals surface area contributed by atoms with Gasteiger partial charge in [-0.2, -0.15) is 10.2 Å². The van der Waals surface area contributed by atoms with Gasteiger partial charge in [-0.3, -0.25) is 9.59 Å². The lowest BCUT2D eigenvalue weighted by molar-refractivity contribution is -0.140. The highest BCUT2D eigenvalue weighted by molar-refractivity contribution is 6.30. The molecule has 2 aliphatic heterocycles. The molecule has 2 fully saturated rings. The Morgan fingerprint density at radius 2 is 1.88 bits per heavy atom. The lowest BCUT2D eigenvalue weighted by Gasteiger charge is -2.35. The number of hydrogen-bond acceptors (Lipinski definition) is 7. The van der Waals surface area contributed by atoms with Gasteiger partial charge >= 0.3 is 0 Å². The number of aromatic nitrogens is 1. The number of amides is 2. The first-order valence-corrected chi connectivity index (χ1v) is 11.0. The number of nitrogens with zero attached hydrogens (tertiary/aromatic N) is 5. The van der Waals surface area contributed by atoms with Crippen LogP contribution in [0.3, 0.4) is 0 Å². The highest BCUT2D eigenvalue weighted by Crippen LogP contribution is 2.31. The summed E-state index contributed by atoms with van der Waals surface area (Å²) in [5.74, 6) is 0.0142. The first-order chi connectivity index (χ1) is 16.0. The van der Waals surface area contributed by atoms with Gasteiger partial charge in [0.15, 0.2) is 5.76 Å². The smallest absolute Gasteiger partial charge is 0.266 e. The van der Waals surface area contributed by atoms with Crippen LogP contribution in [0.4, 0.5) is 11.6 Å². The molecule has 10 heteroatoms. The fraction of sp³-hybridized carbons (Fsp3) is 0.304. The largest absolute Gasteiger partial charge is 0.459 e. The zero-order valence-corrected chi connectivity index (χ0v) is 18.4. The molecule has 0 radical (unpaired) electrons. The summed E-state index contributed by atoms with van der Waals surface area (Å²) in [5, 5.41) is 10.1. The predicted molar refractivity (Wildman–Crippen MR) is 120 cm³/mol. The molecule has 1 aromatic carbocycles. The zero-order chi connectivity index (χ0) is 22.9. The predicted octanol–water partition coefficient (Wildman–Crippen LogP) is 3.16. The standard InChI is InChI=1S/C23H20ClN5O4/c24-15-3-5-16(6-4-15)29-8-7-17(22(29)31)21(30)27-9-11-28(12-10-27)23-18(14-25)26-20(33-23)19-2-1-13-32-19/h1-6,13,17H,7-12H2. The second kappa shape index (κ2) is 8.64. The van der Waals surface area contributed by atoms with Crippen molar-refractivity contribution in [3.8, 4) is 17.7 Å². The molecule has 2 aliphatic rings. The maximum absolute atomic E-state index is 13.1. The molecule has 3 aromatic rings. The van der Waals surface area contributed by atoms with Gasteiger partial charge in [-0.15, -0.1) is 0 Å². The molecule has 33 heavy (non-hydrogen) atoms. The number of hydrogen-bond donors (Lipinski definition) is 0. The molecule has 0 spiro atoms. The van der Waals surface area contributed by atoms with Crippen LogP contribution in [0.15, 0.2) is 51.5 Å². The van der Waals surface area contributed by atoms with E-state index in [1.807, 2.05) is 4.90 Å². The molecule has 168 valence electrons. The molecular weight excluding hydrogens is 446 g/mol. The molecule has 0 aliphatic carbocycles. The molecule has 2 saturated heterocycles. The Bertz CT molecular complexity index is 1210. The molecule has 0 bridgehead atoms. The van der Waals surface area contributed by atoms with Crippen molar-refractivity contribution < 1.29 is 18.4 Å². The maximum Gasteiger partial charge on any atom is 0.266 e. The second-order valence-corrected chi connectivity index (χ2v) is 8.32. The maximum atomic E-state index is 13.1. The van der Waals surface area contributed by atoms with Gasteiger partial charge in [0.25, 0.3) is 5.89 Å². The molecule has 9 nitrogen and oxygen atoms in total. The van der Waals surface area contributed by atoms with E-state index in [4.69, 9.17) is 20.4 Å². The monoisotopic (exact) mass is 465 g/mol. The van der Waals surface area contributed by atoms with E-state index in [1.54, 1.807) is 46.2 Å². The Kier molecular flexibility index (Phi) is 5.52. The van der Waals surface area contributed by atoms with Crippen molar-refractivity contribution in [1.82, 2.24) is 9.88 Å². The summed E-state index contributed by atoms with van der Waals surface area (Å²) in [6.45, 7) is 2.27. The molecule has 4 heterocycles. The molecule has 0 saturated carbocycles. The van der Waals surface area contributed by atoms with Crippen molar-refractivity contribution in [2.75, 3.05) is 42.5 Å². The number of carbonyl (C=O) groups is 2. The van der Waals surface area contributed by atoms with E-state index in [0.717, 1.165) is 5.69 Å². The minimum Gasteiger partial charge on any atom is -0.459 e. The van der Waals surface area contributed by atoms with Crippen molar-refractivity contribution >= 4 is 35.0 Å². The van der Waals surface area contributed by atoms with Gasteiger partial charge in [-0.05, 0) is 42.8 Å². The summed E-state index contributed by atoms with van der Waals surface area (Å²) in [7, 11) is 0. The first kappa shape index (κ1) is 21.1. The van der Waals surface area contributed by atoms with E-state index in [2.05, 4.69) is 11.1 Å². The summed E-state index contributed by atoms with van der Waals surface area (Å²) >= 11 is 5.94. The van der Waals surface area contributed by atoms with Gasteiger partial charge in [0.05, 0.1) is 6.26 Å². The van der Waals surface area contributed by atoms with Crippen molar-refractivity contribution in [2.45, 2.75) is 6.42 Å². The molecule has 2 amide bonds. The van der Waals surface area contributed by atoms with Crippen molar-refractivity contribution in [1.29, 1.82) is 5.26 Å². The van der Waals surface area contributed by atoms with Crippen LogP contribution in [-0.2, 0) is 9.59 Å². The van der Waals surface area contributed by atoms with Crippen LogP contribution >= 0.6 is 11.6 Å². The van der Waals surface area contributed by atoms with Crippen LogP contribution in [-0.4, -0.2) is 54.4 Å². The molecule has 0 N–H and O–H groups in total. The highest BCUT2D eigenvalue weighted by atomic mass is 35.5. The number of oxazole rings is 1. The first-order valence-electron chi connectivity index (χ1n) is 10.6. The third kappa shape index (κ3) is 3.94. The van der Waals surface area contributed by atoms with Gasteiger partial charge in [0, 0.05) is 43.4 Å². The highest BCUT2D eigenvalue weighted by Gasteiger charge is 2.40. The average molecular weight is 466 g/mol. The Morgan fingerprint density at radius 1 is 1.12 bits per heavy atom. The minimum absolute atomic E-state index is 0.162. The summed E-state index contributed by atoms with van der Waals surface area (Å²) in [4.78, 5) is 35.5. The number of carbonyl (C=O) groups excluding carboxylic acids is 2. The number of piperazine rings is 1. The van der Waals surface area contributed by atoms with Crippen molar-refractivity contribution in [3.63, 3.8) is 0 Å². The Hall–Kier alpha value is -3.77. The van der Waals surface area contributed by atoms with Gasteiger partial charge in [-0.1, -0.05) is 11.6 Å². The number of benzene rings is 1. The number of halogens is 1. The normalized spacial score (nSPS) is 18.6. The summed E-state index contributed by atoms with van der Waals surface area (Å²) in [6.07, 6.45) is 1.99. The summed E-state index contributed by atoms with van der Waals surface area (Å²) in [5.41, 5.74) is 0.914. The topological polar surface area (TPSA) is 107 Å². The van der Waals surface area contributed by atoms with E-state index >= 15 is 0 Å². The van der Waals surface area contributed by atoms with E-state index in [1.165, 1.54) is 6.26 Å². The van der Waals surface area contributed by atoms with Gasteiger partial charge < -0.3 is 23.5 Å². The third-order valence-corrected chi connectivity index (χ3v) is 6.22. The van der Waals surface area contributed by atoms with E-state index in [-0.39, 0.29) is 23.4 Å². The zero-order valence-electron chi connectivity index (χ0n) is 17.6. The van der Waals surface area contributed by atoms with Crippen molar-refractivity contribution in [2.24, 2.45) is 5.92 Å². The number of rotatable bonds is 4. The average Bonchev–Trinajstić information content (AvgIpc) is 3.59. The van der Waals surface area contributed by atoms with E-state index in [9.17, 15) is 14.9 Å². The molecule has 1 atom stereocenters. The Labute approximate surface area is 194 Å². The van der Waals surface area contributed by atoms with Crippen LogP contribution < -0.4 is 9.80 Å². The van der Waals surface area contributed by atoms with Gasteiger partial charge in [-0.25, -0.2) is 0 Å². The van der Waals surface area contributed by atoms with Crippen LogP contribution in [0.5, 0.6) is 0 Å². The molecule has 5 rings (SSSR count). The quantitative estimate of drug-likeness (QED) is 0.544. The number of nitriles is 1. The minimum atomic E-state index is -0.683. The fourth-order valence-electron chi connectivity index (χ4n) is 4.24. The Morgan fingerprint density at radius 3 is 2.55 bits per heavy atom. The van der Waals surface area contributed by atoms with E-state index < -0.39 is 5.92 Å². The molecule has 1 unspecified atom stereocenters. The van der Waals surface area contributed by atoms with Crippen molar-refractivity contribution in [3.05, 3.63) is 53.4 Å². The molecular formula is C23H20ClN5O4. The van der Waals surface area contributed by atoms with Crippen LogP contribution in [0.2, 0.25) is 5.02 Å². The van der Waals surface area contributed by atoms with E-state index in [0.29, 0.717) is 55.8 Å². The lowest BCUT2D eigenvalue weighted by Crippen LogP contribution is -2.51. The van der Waals surface area contributed by atoms with Crippen LogP contribution in [0, 0.1) is 17.2 Å². The van der Waals surface area contributed by atoms with Crippen LogP contribution in [0.25, 0.3) is 11.7 Å². The van der Waals surface area contributed by atoms with Gasteiger partial charge in [0.2, 0.25) is 23.4 Å². The molecule has 2 aromatic heterocycles. The summed E-state index contributed by atoms with van der Waals surface area (Å²) < 4.78 is 11.1. The Balaban J connectivity index is 1.24. The lowest BCUT2D eigenvalue weighted by atomic mass is 10.1. The fourth-order valence-corrected chi connectivity index (χ4v) is 4.37. The third-order valence-electron chi connectivity index (χ3n) is 5.97. The SMILES string of the molecule is N#Cc1nc(-c2ccco2)oc1N1CCN(C(=O)C2CCN(c3ccc(Cl)cc3)C2=O)CC1. The summed E-state index contributed by atoms with van der Waals surface area (Å²) in [6, 6.07) is 12.5. The number of furan rings is 1. The van der Waals surface area contributed by atoms with Gasteiger partial charge in [0.1, 0.15) is 12.0 Å². The second-order valence-electron chi connectivity index (χ2n) is 7.88. The number of anilines is 2. The van der Waals surface area contributed by atoms with Crippen LogP contribution in [0.1, 0.15) is 12.1 Å².